The summed E-state index contributed by atoms with van der Waals surface area (Å²) in [5.41, 5.74) is 10.0. The van der Waals surface area contributed by atoms with E-state index >= 15 is 0 Å². The van der Waals surface area contributed by atoms with E-state index in [0.717, 1.165) is 26.2 Å². The quantitative estimate of drug-likeness (QED) is 0.233. The zero-order valence-electron chi connectivity index (χ0n) is 23.6. The summed E-state index contributed by atoms with van der Waals surface area (Å²) in [4.78, 5) is 0. The van der Waals surface area contributed by atoms with Crippen LogP contribution in [0.5, 0.6) is 0 Å². The smallest absolute Gasteiger partial charge is 0.173 e. The lowest BCUT2D eigenvalue weighted by Crippen LogP contribution is -2.34. The predicted molar refractivity (Wildman–Crippen MR) is 164 cm³/mol. The van der Waals surface area contributed by atoms with Gasteiger partial charge in [-0.3, -0.25) is 0 Å². The highest BCUT2D eigenvalue weighted by Crippen LogP contribution is 2.16. The van der Waals surface area contributed by atoms with E-state index in [1.54, 1.807) is 0 Å². The van der Waals surface area contributed by atoms with E-state index in [1.807, 2.05) is 0 Å². The Hall–Kier alpha value is -5.22. The number of benzene rings is 2. The number of hydrogen-bond acceptors (Lipinski definition) is 0. The van der Waals surface area contributed by atoms with Crippen LogP contribution in [0.25, 0.3) is 23.3 Å². The lowest BCUT2D eigenvalue weighted by atomic mass is 10.1. The fourth-order valence-corrected chi connectivity index (χ4v) is 5.42. The van der Waals surface area contributed by atoms with E-state index in [0.29, 0.717) is 0 Å². The summed E-state index contributed by atoms with van der Waals surface area (Å²) in [6.45, 7) is 3.41. The maximum Gasteiger partial charge on any atom is 0.173 e. The van der Waals surface area contributed by atoms with Crippen molar-refractivity contribution in [3.05, 3.63) is 180 Å². The molecule has 14 heterocycles. The van der Waals surface area contributed by atoms with E-state index in [4.69, 9.17) is 0 Å². The van der Waals surface area contributed by atoms with Crippen LogP contribution in [-0.2, 0) is 26.2 Å². The molecule has 0 unspecified atom stereocenters. The number of pyridine rings is 4. The highest BCUT2D eigenvalue weighted by molar-refractivity contribution is 5.68. The van der Waals surface area contributed by atoms with Crippen molar-refractivity contribution in [2.24, 2.45) is 0 Å². The van der Waals surface area contributed by atoms with Gasteiger partial charge in [0, 0.05) is 70.8 Å². The molecule has 0 saturated carbocycles. The second-order valence-corrected chi connectivity index (χ2v) is 11.1. The predicted octanol–water partition coefficient (Wildman–Crippen LogP) is 5.18. The lowest BCUT2D eigenvalue weighted by molar-refractivity contribution is -0.689. The molecule has 0 N–H and O–H groups in total. The van der Waals surface area contributed by atoms with Crippen LogP contribution in [-0.4, -0.2) is 0 Å². The Kier molecular flexibility index (Phi) is 7.18. The first-order chi connectivity index (χ1) is 20.7. The van der Waals surface area contributed by atoms with E-state index in [1.165, 1.54) is 44.5 Å². The average Bonchev–Trinajstić information content (AvgIpc) is 3.04. The Bertz CT molecular complexity index is 1660. The maximum atomic E-state index is 2.24. The fourth-order valence-electron chi connectivity index (χ4n) is 5.42. The minimum absolute atomic E-state index is 0.851. The van der Waals surface area contributed by atoms with Gasteiger partial charge in [-0.25, -0.2) is 18.3 Å². The summed E-state index contributed by atoms with van der Waals surface area (Å²) in [6.07, 6.45) is 21.6. The molecule has 12 bridgehead atoms. The molecule has 16 rings (SSSR count). The fraction of sp³-hybridized carbons (Fsp3) is 0.105. The molecular weight excluding hydrogens is 512 g/mol. The minimum atomic E-state index is 0.851. The Labute approximate surface area is 247 Å². The van der Waals surface area contributed by atoms with E-state index < -0.39 is 0 Å². The summed E-state index contributed by atoms with van der Waals surface area (Å²) in [6, 6.07) is 35.4. The largest absolute Gasteiger partial charge is 0.201 e. The van der Waals surface area contributed by atoms with Crippen LogP contribution in [0, 0.1) is 0 Å². The van der Waals surface area contributed by atoms with Gasteiger partial charge < -0.3 is 0 Å². The van der Waals surface area contributed by atoms with Gasteiger partial charge in [-0.1, -0.05) is 60.7 Å². The summed E-state index contributed by atoms with van der Waals surface area (Å²) in [5.74, 6) is 0. The zero-order chi connectivity index (χ0) is 28.1. The van der Waals surface area contributed by atoms with E-state index in [9.17, 15) is 0 Å². The van der Waals surface area contributed by atoms with Crippen LogP contribution in [0.4, 0.5) is 0 Å². The first-order valence-electron chi connectivity index (χ1n) is 14.5. The van der Waals surface area contributed by atoms with Gasteiger partial charge in [0.05, 0.1) is 0 Å². The van der Waals surface area contributed by atoms with Crippen LogP contribution in [0.2, 0.25) is 0 Å². The highest BCUT2D eigenvalue weighted by Gasteiger charge is 2.10. The summed E-state index contributed by atoms with van der Waals surface area (Å²) in [7, 11) is 0. The van der Waals surface area contributed by atoms with Crippen molar-refractivity contribution in [1.82, 2.24) is 0 Å². The second kappa shape index (κ2) is 11.7. The molecule has 0 amide bonds. The molecule has 0 radical (unpaired) electrons. The first kappa shape index (κ1) is 25.7. The lowest BCUT2D eigenvalue weighted by Gasteiger charge is -2.04. The van der Waals surface area contributed by atoms with Crippen molar-refractivity contribution in [2.75, 3.05) is 0 Å². The highest BCUT2D eigenvalue weighted by atomic mass is 14.9. The number of rotatable bonds is 0. The van der Waals surface area contributed by atoms with Crippen LogP contribution in [0.3, 0.4) is 0 Å². The van der Waals surface area contributed by atoms with Crippen molar-refractivity contribution < 1.29 is 18.3 Å². The SMILES string of the molecule is C1=C/c2cc[n+](cc2)Cc2ccc(cc2)C[n+]2ccc(cc2)-c2cc[n+](cc2)Cc2ccc(cc2)C[n+]2ccc/1cc2. The molecule has 0 aliphatic carbocycles. The van der Waals surface area contributed by atoms with Crippen LogP contribution in [0.1, 0.15) is 33.4 Å². The Morgan fingerprint density at radius 2 is 0.524 bits per heavy atom. The molecular formula is C38H34N4+4. The molecule has 42 heavy (non-hydrogen) atoms. The molecule has 0 saturated heterocycles. The Morgan fingerprint density at radius 1 is 0.286 bits per heavy atom. The van der Waals surface area contributed by atoms with Crippen molar-refractivity contribution >= 4 is 12.2 Å². The third-order valence-electron chi connectivity index (χ3n) is 7.92. The molecule has 6 aromatic rings. The van der Waals surface area contributed by atoms with Gasteiger partial charge in [0.2, 0.25) is 0 Å². The van der Waals surface area contributed by atoms with Gasteiger partial charge in [0.25, 0.3) is 0 Å². The van der Waals surface area contributed by atoms with Crippen LogP contribution < -0.4 is 18.3 Å². The molecule has 202 valence electrons. The molecule has 0 fully saturated rings. The van der Waals surface area contributed by atoms with Crippen molar-refractivity contribution in [3.63, 3.8) is 0 Å². The van der Waals surface area contributed by atoms with Crippen molar-refractivity contribution in [2.45, 2.75) is 26.2 Å². The molecule has 4 aromatic heterocycles. The Morgan fingerprint density at radius 3 is 0.786 bits per heavy atom. The van der Waals surface area contributed by atoms with Gasteiger partial charge in [-0.2, -0.15) is 0 Å². The third kappa shape index (κ3) is 6.24. The summed E-state index contributed by atoms with van der Waals surface area (Å²) >= 11 is 0. The topological polar surface area (TPSA) is 15.5 Å². The van der Waals surface area contributed by atoms with Gasteiger partial charge in [-0.15, -0.1) is 0 Å². The summed E-state index contributed by atoms with van der Waals surface area (Å²) in [5, 5.41) is 0. The number of nitrogens with zero attached hydrogens (tertiary/aromatic N) is 4. The second-order valence-electron chi connectivity index (χ2n) is 11.1. The first-order valence-corrected chi connectivity index (χ1v) is 14.5. The normalized spacial score (nSPS) is 13.5. The summed E-state index contributed by atoms with van der Waals surface area (Å²) < 4.78 is 8.92. The van der Waals surface area contributed by atoms with Gasteiger partial charge in [0.1, 0.15) is 0 Å². The zero-order valence-corrected chi connectivity index (χ0v) is 23.6. The van der Waals surface area contributed by atoms with Crippen LogP contribution >= 0.6 is 0 Å². The van der Waals surface area contributed by atoms with Gasteiger partial charge in [0.15, 0.2) is 75.8 Å². The third-order valence-corrected chi connectivity index (χ3v) is 7.92. The molecule has 0 spiro atoms. The molecule has 10 aliphatic heterocycles. The van der Waals surface area contributed by atoms with Crippen molar-refractivity contribution in [3.8, 4) is 11.1 Å². The molecule has 0 atom stereocenters. The van der Waals surface area contributed by atoms with Gasteiger partial charge in [-0.05, 0) is 22.3 Å². The number of aromatic nitrogens is 4. The molecule has 10 aliphatic rings. The Balaban J connectivity index is 1.16. The van der Waals surface area contributed by atoms with Crippen molar-refractivity contribution in [1.29, 1.82) is 0 Å². The molecule has 4 nitrogen and oxygen atoms in total. The standard InChI is InChI=1S/C38H34N4/c1-2-32-13-21-40(22-14-32)28-34-5-9-36(10-6-34)30-42-25-17-38(18-26-42)37-15-23-41(24-16-37)29-35-7-3-33(4-8-35)27-39-19-11-31(1)12-20-39/h1-26H,27-30H2/q+4/b2-1+. The monoisotopic (exact) mass is 546 g/mol. The minimum Gasteiger partial charge on any atom is -0.201 e. The molecule has 4 heteroatoms. The van der Waals surface area contributed by atoms with Crippen LogP contribution in [0.15, 0.2) is 147 Å². The van der Waals surface area contributed by atoms with Gasteiger partial charge >= 0.3 is 0 Å². The average molecular weight is 547 g/mol. The maximum absolute atomic E-state index is 2.24. The van der Waals surface area contributed by atoms with E-state index in [-0.39, 0.29) is 0 Å². The number of hydrogen-bond donors (Lipinski definition) is 0. The van der Waals surface area contributed by atoms with E-state index in [2.05, 4.69) is 177 Å². The molecule has 2 aromatic carbocycles.